The first-order valence-electron chi connectivity index (χ1n) is 2.61. The Balaban J connectivity index is 0.000000640. The zero-order valence-corrected chi connectivity index (χ0v) is 7.26. The summed E-state index contributed by atoms with van der Waals surface area (Å²) in [5.74, 6) is 0. The van der Waals surface area contributed by atoms with E-state index >= 15 is 0 Å². The van der Waals surface area contributed by atoms with Crippen LogP contribution in [0.1, 0.15) is 5.56 Å². The third-order valence-corrected chi connectivity index (χ3v) is 1.04. The Morgan fingerprint density at radius 1 is 1.11 bits per heavy atom. The molecule has 50 valence electrons. The van der Waals surface area contributed by atoms with Crippen molar-refractivity contribution in [3.05, 3.63) is 42.5 Å². The first kappa shape index (κ1) is 8.65. The first-order chi connectivity index (χ1) is 3.93. The van der Waals surface area contributed by atoms with E-state index in [1.807, 2.05) is 36.4 Å². The molecule has 0 radical (unpaired) electrons. The minimum atomic E-state index is 0. The fourth-order valence-corrected chi connectivity index (χ4v) is 0.589. The smallest absolute Gasteiger partial charge is 0 e. The number of hydrogen-bond donors (Lipinski definition) is 0. The Kier molecular flexibility index (Phi) is 4.34. The maximum Gasteiger partial charge on any atom is 0 e. The monoisotopic (exact) mass is 299 g/mol. The molecular formula is C8H8Pt. The zero-order valence-electron chi connectivity index (χ0n) is 4.99. The van der Waals surface area contributed by atoms with Crippen LogP contribution in [0, 0.1) is 0 Å². The van der Waals surface area contributed by atoms with Crippen LogP contribution in [-0.4, -0.2) is 0 Å². The molecule has 0 saturated heterocycles. The van der Waals surface area contributed by atoms with Crippen LogP contribution in [0.5, 0.6) is 0 Å². The second kappa shape index (κ2) is 4.52. The normalized spacial score (nSPS) is 7.56. The summed E-state index contributed by atoms with van der Waals surface area (Å²) >= 11 is 0. The first-order valence-corrected chi connectivity index (χ1v) is 2.61. The maximum atomic E-state index is 3.63. The molecule has 1 heteroatoms. The van der Waals surface area contributed by atoms with E-state index in [2.05, 4.69) is 6.58 Å². The number of benzene rings is 1. The molecule has 1 aromatic carbocycles. The molecule has 0 unspecified atom stereocenters. The molecule has 0 aliphatic carbocycles. The van der Waals surface area contributed by atoms with Crippen LogP contribution in [0.15, 0.2) is 36.9 Å². The molecule has 0 N–H and O–H groups in total. The van der Waals surface area contributed by atoms with Gasteiger partial charge >= 0.3 is 0 Å². The summed E-state index contributed by atoms with van der Waals surface area (Å²) in [6.07, 6.45) is 1.83. The molecule has 0 amide bonds. The summed E-state index contributed by atoms with van der Waals surface area (Å²) in [7, 11) is 0. The van der Waals surface area contributed by atoms with Crippen molar-refractivity contribution in [3.8, 4) is 0 Å². The summed E-state index contributed by atoms with van der Waals surface area (Å²) in [5, 5.41) is 0. The molecule has 0 nitrogen and oxygen atoms in total. The van der Waals surface area contributed by atoms with E-state index in [4.69, 9.17) is 0 Å². The molecule has 0 bridgehead atoms. The quantitative estimate of drug-likeness (QED) is 0.746. The van der Waals surface area contributed by atoms with E-state index in [0.717, 1.165) is 0 Å². The van der Waals surface area contributed by atoms with Gasteiger partial charge in [0.2, 0.25) is 0 Å². The largest absolute Gasteiger partial charge is 0.0985 e. The van der Waals surface area contributed by atoms with Crippen molar-refractivity contribution in [2.24, 2.45) is 0 Å². The van der Waals surface area contributed by atoms with Gasteiger partial charge in [-0.05, 0) is 5.56 Å². The van der Waals surface area contributed by atoms with E-state index in [1.165, 1.54) is 5.56 Å². The van der Waals surface area contributed by atoms with Gasteiger partial charge in [-0.1, -0.05) is 43.0 Å². The minimum absolute atomic E-state index is 0. The van der Waals surface area contributed by atoms with Crippen LogP contribution in [0.25, 0.3) is 6.08 Å². The zero-order chi connectivity index (χ0) is 5.82. The molecule has 9 heavy (non-hydrogen) atoms. The predicted octanol–water partition coefficient (Wildman–Crippen LogP) is 2.33. The van der Waals surface area contributed by atoms with Crippen molar-refractivity contribution in [1.82, 2.24) is 0 Å². The Hall–Kier alpha value is -0.352. The van der Waals surface area contributed by atoms with E-state index in [-0.39, 0.29) is 21.1 Å². The molecule has 0 aliphatic rings. The van der Waals surface area contributed by atoms with Gasteiger partial charge in [0.1, 0.15) is 0 Å². The molecular weight excluding hydrogens is 291 g/mol. The van der Waals surface area contributed by atoms with Crippen LogP contribution in [0.2, 0.25) is 0 Å². The number of hydrogen-bond acceptors (Lipinski definition) is 0. The third-order valence-electron chi connectivity index (χ3n) is 1.04. The molecule has 0 aromatic heterocycles. The van der Waals surface area contributed by atoms with Crippen molar-refractivity contribution in [1.29, 1.82) is 0 Å². The summed E-state index contributed by atoms with van der Waals surface area (Å²) in [6, 6.07) is 10.0. The Morgan fingerprint density at radius 2 is 1.67 bits per heavy atom. The fraction of sp³-hybridized carbons (Fsp3) is 0. The van der Waals surface area contributed by atoms with Gasteiger partial charge in [-0.25, -0.2) is 0 Å². The van der Waals surface area contributed by atoms with Gasteiger partial charge in [0, 0.05) is 21.1 Å². The summed E-state index contributed by atoms with van der Waals surface area (Å²) < 4.78 is 0. The van der Waals surface area contributed by atoms with Crippen molar-refractivity contribution < 1.29 is 21.1 Å². The summed E-state index contributed by atoms with van der Waals surface area (Å²) in [5.41, 5.74) is 1.17. The molecule has 0 spiro atoms. The van der Waals surface area contributed by atoms with Crippen molar-refractivity contribution >= 4 is 6.08 Å². The number of rotatable bonds is 1. The van der Waals surface area contributed by atoms with Crippen LogP contribution in [-0.2, 0) is 21.1 Å². The molecule has 1 aromatic rings. The minimum Gasteiger partial charge on any atom is -0.0985 e. The van der Waals surface area contributed by atoms with Crippen LogP contribution < -0.4 is 0 Å². The molecule has 0 heterocycles. The van der Waals surface area contributed by atoms with Gasteiger partial charge < -0.3 is 0 Å². The summed E-state index contributed by atoms with van der Waals surface area (Å²) in [4.78, 5) is 0. The molecule has 0 saturated carbocycles. The summed E-state index contributed by atoms with van der Waals surface area (Å²) in [6.45, 7) is 3.63. The van der Waals surface area contributed by atoms with Gasteiger partial charge in [-0.3, -0.25) is 0 Å². The van der Waals surface area contributed by atoms with Crippen molar-refractivity contribution in [3.63, 3.8) is 0 Å². The Morgan fingerprint density at radius 3 is 2.00 bits per heavy atom. The van der Waals surface area contributed by atoms with Crippen LogP contribution in [0.4, 0.5) is 0 Å². The molecule has 0 aliphatic heterocycles. The van der Waals surface area contributed by atoms with Gasteiger partial charge in [0.25, 0.3) is 0 Å². The van der Waals surface area contributed by atoms with E-state index in [1.54, 1.807) is 0 Å². The van der Waals surface area contributed by atoms with Crippen LogP contribution in [0.3, 0.4) is 0 Å². The fourth-order valence-electron chi connectivity index (χ4n) is 0.589. The van der Waals surface area contributed by atoms with Gasteiger partial charge in [0.05, 0.1) is 0 Å². The van der Waals surface area contributed by atoms with E-state index in [0.29, 0.717) is 0 Å². The maximum absolute atomic E-state index is 3.63. The van der Waals surface area contributed by atoms with Gasteiger partial charge in [0.15, 0.2) is 0 Å². The second-order valence-electron chi connectivity index (χ2n) is 1.61. The molecule has 0 fully saturated rings. The molecule has 0 atom stereocenters. The Labute approximate surface area is 69.9 Å². The van der Waals surface area contributed by atoms with Gasteiger partial charge in [-0.15, -0.1) is 0 Å². The third kappa shape index (κ3) is 2.62. The van der Waals surface area contributed by atoms with Crippen molar-refractivity contribution in [2.45, 2.75) is 0 Å². The average molecular weight is 299 g/mol. The van der Waals surface area contributed by atoms with Gasteiger partial charge in [-0.2, -0.15) is 0 Å². The molecule has 1 rings (SSSR count). The van der Waals surface area contributed by atoms with Crippen molar-refractivity contribution in [2.75, 3.05) is 0 Å². The van der Waals surface area contributed by atoms with Crippen LogP contribution >= 0.6 is 0 Å². The van der Waals surface area contributed by atoms with E-state index < -0.39 is 0 Å². The average Bonchev–Trinajstić information content (AvgIpc) is 1.90. The SMILES string of the molecule is C=Cc1ccccc1.[Pt]. The Bertz CT molecular complexity index is 167. The van der Waals surface area contributed by atoms with E-state index in [9.17, 15) is 0 Å². The standard InChI is InChI=1S/C8H8.Pt/c1-2-8-6-4-3-5-7-8;/h2-7H,1H2;. The predicted molar refractivity (Wildman–Crippen MR) is 36.5 cm³/mol. The second-order valence-corrected chi connectivity index (χ2v) is 1.61. The topological polar surface area (TPSA) is 0 Å².